The van der Waals surface area contributed by atoms with Gasteiger partial charge in [-0.2, -0.15) is 4.31 Å². The van der Waals surface area contributed by atoms with E-state index in [9.17, 15) is 13.2 Å². The first-order chi connectivity index (χ1) is 16.4. The van der Waals surface area contributed by atoms with Gasteiger partial charge in [0.15, 0.2) is 0 Å². The number of carbonyl (C=O) groups is 1. The minimum atomic E-state index is -3.59. The Morgan fingerprint density at radius 3 is 2.47 bits per heavy atom. The molecule has 176 valence electrons. The molecule has 2 saturated heterocycles. The van der Waals surface area contributed by atoms with Gasteiger partial charge in [0, 0.05) is 29.9 Å². The molecule has 7 rings (SSSR count). The zero-order valence-corrected chi connectivity index (χ0v) is 20.0. The van der Waals surface area contributed by atoms with Gasteiger partial charge in [0.2, 0.25) is 10.0 Å². The Bertz CT molecular complexity index is 1360. The molecule has 1 N–H and O–H groups in total. The molecule has 2 aliphatic heterocycles. The highest BCUT2D eigenvalue weighted by Gasteiger charge is 2.46. The molecular formula is C26H28N4O3S. The molecule has 2 atom stereocenters. The van der Waals surface area contributed by atoms with Crippen LogP contribution in [0, 0.1) is 24.7 Å². The normalized spacial score (nSPS) is 26.5. The standard InChI is InChI=1S/C26H28N4O3S/c1-16-13-28-25(14-27-16)26(31)29-24-4-2-3-20-12-22(5-6-23(20)24)34(32,33)30-15-19-8-17-7-18(9-19)11-21(30)10-17/h2-6,12-14,17-19,21H,7-11,15H2,1H3,(H,29,31). The average Bonchev–Trinajstić information content (AvgIpc) is 3.02. The van der Waals surface area contributed by atoms with E-state index in [1.807, 2.05) is 19.1 Å². The second-order valence-electron chi connectivity index (χ2n) is 10.2. The summed E-state index contributed by atoms with van der Waals surface area (Å²) in [6.07, 6.45) is 8.61. The van der Waals surface area contributed by atoms with Gasteiger partial charge < -0.3 is 5.32 Å². The smallest absolute Gasteiger partial charge is 0.275 e. The predicted octanol–water partition coefficient (Wildman–Crippen LogP) is 4.39. The lowest BCUT2D eigenvalue weighted by atomic mass is 9.68. The lowest BCUT2D eigenvalue weighted by Gasteiger charge is -2.38. The number of hydrogen-bond donors (Lipinski definition) is 1. The summed E-state index contributed by atoms with van der Waals surface area (Å²) in [6, 6.07) is 10.8. The Labute approximate surface area is 199 Å². The van der Waals surface area contributed by atoms with Crippen molar-refractivity contribution in [2.75, 3.05) is 11.9 Å². The van der Waals surface area contributed by atoms with Crippen molar-refractivity contribution in [1.82, 2.24) is 14.3 Å². The highest BCUT2D eigenvalue weighted by molar-refractivity contribution is 7.89. The predicted molar refractivity (Wildman–Crippen MR) is 130 cm³/mol. The maximum Gasteiger partial charge on any atom is 0.275 e. The van der Waals surface area contributed by atoms with Crippen LogP contribution in [0.3, 0.4) is 0 Å². The molecule has 2 saturated carbocycles. The highest BCUT2D eigenvalue weighted by Crippen LogP contribution is 2.48. The number of benzene rings is 2. The van der Waals surface area contributed by atoms with Gasteiger partial charge in [-0.1, -0.05) is 18.2 Å². The Morgan fingerprint density at radius 2 is 1.74 bits per heavy atom. The number of anilines is 1. The number of hydrogen-bond acceptors (Lipinski definition) is 5. The second-order valence-corrected chi connectivity index (χ2v) is 12.1. The van der Waals surface area contributed by atoms with Gasteiger partial charge in [0.1, 0.15) is 5.69 Å². The maximum absolute atomic E-state index is 13.8. The molecule has 3 heterocycles. The van der Waals surface area contributed by atoms with E-state index < -0.39 is 10.0 Å². The van der Waals surface area contributed by atoms with Crippen molar-refractivity contribution in [3.63, 3.8) is 0 Å². The number of nitrogens with one attached hydrogen (secondary N) is 1. The zero-order chi connectivity index (χ0) is 23.4. The molecule has 7 nitrogen and oxygen atoms in total. The largest absolute Gasteiger partial charge is 0.320 e. The van der Waals surface area contributed by atoms with Crippen LogP contribution in [-0.4, -0.2) is 41.2 Å². The molecule has 8 heteroatoms. The number of carbonyl (C=O) groups excluding carboxylic acids is 1. The summed E-state index contributed by atoms with van der Waals surface area (Å²) in [5, 5.41) is 4.44. The van der Waals surface area contributed by atoms with Crippen molar-refractivity contribution >= 4 is 32.4 Å². The summed E-state index contributed by atoms with van der Waals surface area (Å²) >= 11 is 0. The van der Waals surface area contributed by atoms with E-state index in [4.69, 9.17) is 0 Å². The van der Waals surface area contributed by atoms with Crippen LogP contribution in [0.15, 0.2) is 53.7 Å². The van der Waals surface area contributed by atoms with Gasteiger partial charge in [-0.3, -0.25) is 9.78 Å². The lowest BCUT2D eigenvalue weighted by Crippen LogP contribution is -2.42. The van der Waals surface area contributed by atoms with E-state index in [1.165, 1.54) is 25.5 Å². The number of rotatable bonds is 4. The topological polar surface area (TPSA) is 92.3 Å². The van der Waals surface area contributed by atoms with Crippen molar-refractivity contribution in [3.05, 3.63) is 60.2 Å². The summed E-state index contributed by atoms with van der Waals surface area (Å²) in [5.74, 6) is 1.50. The zero-order valence-electron chi connectivity index (χ0n) is 19.1. The number of aryl methyl sites for hydroxylation is 1. The maximum atomic E-state index is 13.8. The average molecular weight is 477 g/mol. The van der Waals surface area contributed by atoms with Crippen LogP contribution < -0.4 is 5.32 Å². The molecule has 34 heavy (non-hydrogen) atoms. The van der Waals surface area contributed by atoms with Gasteiger partial charge >= 0.3 is 0 Å². The molecule has 0 spiro atoms. The molecule has 1 aromatic heterocycles. The van der Waals surface area contributed by atoms with Gasteiger partial charge in [-0.25, -0.2) is 13.4 Å². The van der Waals surface area contributed by atoms with Crippen molar-refractivity contribution in [2.24, 2.45) is 17.8 Å². The SMILES string of the molecule is Cc1cnc(C(=O)Nc2cccc3cc(S(=O)(=O)N4CC5CC6CC(C5)CC4C6)ccc23)cn1. The second kappa shape index (κ2) is 8.13. The number of nitrogens with zero attached hydrogens (tertiary/aromatic N) is 3. The highest BCUT2D eigenvalue weighted by atomic mass is 32.2. The Morgan fingerprint density at radius 1 is 0.971 bits per heavy atom. The Hall–Kier alpha value is -2.84. The third-order valence-corrected chi connectivity index (χ3v) is 9.69. The van der Waals surface area contributed by atoms with E-state index >= 15 is 0 Å². The third kappa shape index (κ3) is 3.79. The molecular weight excluding hydrogens is 448 g/mol. The van der Waals surface area contributed by atoms with Gasteiger partial charge in [0.05, 0.1) is 16.8 Å². The minimum Gasteiger partial charge on any atom is -0.320 e. The van der Waals surface area contributed by atoms with Crippen molar-refractivity contribution in [2.45, 2.75) is 50.0 Å². The summed E-state index contributed by atoms with van der Waals surface area (Å²) in [5.41, 5.74) is 1.58. The van der Waals surface area contributed by atoms with Crippen LogP contribution in [0.1, 0.15) is 48.3 Å². The van der Waals surface area contributed by atoms with Gasteiger partial charge in [-0.05, 0) is 80.4 Å². The van der Waals surface area contributed by atoms with Crippen LogP contribution in [-0.2, 0) is 10.0 Å². The number of aromatic nitrogens is 2. The van der Waals surface area contributed by atoms with Crippen LogP contribution in [0.2, 0.25) is 0 Å². The van der Waals surface area contributed by atoms with Crippen LogP contribution in [0.4, 0.5) is 5.69 Å². The number of amides is 1. The molecule has 3 aromatic rings. The monoisotopic (exact) mass is 476 g/mol. The fraction of sp³-hybridized carbons (Fsp3) is 0.423. The molecule has 4 bridgehead atoms. The summed E-state index contributed by atoms with van der Waals surface area (Å²) in [4.78, 5) is 21.2. The first-order valence-corrected chi connectivity index (χ1v) is 13.5. The van der Waals surface area contributed by atoms with E-state index in [0.29, 0.717) is 34.9 Å². The molecule has 2 aliphatic carbocycles. The lowest BCUT2D eigenvalue weighted by molar-refractivity contribution is 0.102. The van der Waals surface area contributed by atoms with Crippen LogP contribution in [0.25, 0.3) is 10.8 Å². The third-order valence-electron chi connectivity index (χ3n) is 7.78. The summed E-state index contributed by atoms with van der Waals surface area (Å²) < 4.78 is 29.3. The summed E-state index contributed by atoms with van der Waals surface area (Å²) in [6.45, 7) is 2.46. The first-order valence-electron chi connectivity index (χ1n) is 12.0. The fourth-order valence-electron chi connectivity index (χ4n) is 6.40. The van der Waals surface area contributed by atoms with E-state index in [1.54, 1.807) is 34.8 Å². The van der Waals surface area contributed by atoms with Gasteiger partial charge in [0.25, 0.3) is 5.91 Å². The Balaban J connectivity index is 1.30. The van der Waals surface area contributed by atoms with Crippen molar-refractivity contribution in [3.8, 4) is 0 Å². The molecule has 2 aromatic carbocycles. The van der Waals surface area contributed by atoms with Crippen LogP contribution >= 0.6 is 0 Å². The Kier molecular flexibility index (Phi) is 5.18. The van der Waals surface area contributed by atoms with E-state index in [0.717, 1.165) is 29.3 Å². The van der Waals surface area contributed by atoms with Gasteiger partial charge in [-0.15, -0.1) is 0 Å². The number of fused-ring (bicyclic) bond motifs is 2. The van der Waals surface area contributed by atoms with Crippen LogP contribution in [0.5, 0.6) is 0 Å². The molecule has 4 fully saturated rings. The van der Waals surface area contributed by atoms with Crippen molar-refractivity contribution in [1.29, 1.82) is 0 Å². The fourth-order valence-corrected chi connectivity index (χ4v) is 8.16. The molecule has 1 amide bonds. The molecule has 4 aliphatic rings. The van der Waals surface area contributed by atoms with E-state index in [2.05, 4.69) is 15.3 Å². The first kappa shape index (κ1) is 21.7. The molecule has 2 unspecified atom stereocenters. The van der Waals surface area contributed by atoms with Crippen molar-refractivity contribution < 1.29 is 13.2 Å². The summed E-state index contributed by atoms with van der Waals surface area (Å²) in [7, 11) is -3.59. The number of sulfonamides is 1. The quantitative estimate of drug-likeness (QED) is 0.603. The minimum absolute atomic E-state index is 0.123. The van der Waals surface area contributed by atoms with E-state index in [-0.39, 0.29) is 17.6 Å². The molecule has 0 radical (unpaired) electrons.